The van der Waals surface area contributed by atoms with Gasteiger partial charge in [-0.25, -0.2) is 4.79 Å². The molecule has 1 aliphatic heterocycles. The Balaban J connectivity index is 1.66. The average molecular weight is 861 g/mol. The number of H-pyrrole nitrogens is 1. The van der Waals surface area contributed by atoms with Crippen molar-refractivity contribution in [3.63, 3.8) is 0 Å². The lowest BCUT2D eigenvalue weighted by atomic mass is 10.0. The first-order valence-corrected chi connectivity index (χ1v) is 20.0. The van der Waals surface area contributed by atoms with Gasteiger partial charge in [-0.05, 0) is 42.9 Å². The van der Waals surface area contributed by atoms with Crippen molar-refractivity contribution in [3.05, 3.63) is 71.9 Å². The zero-order valence-corrected chi connectivity index (χ0v) is 34.0. The van der Waals surface area contributed by atoms with Gasteiger partial charge >= 0.3 is 5.97 Å². The van der Waals surface area contributed by atoms with E-state index in [1.807, 2.05) is 18.2 Å². The normalized spacial score (nSPS) is 21.5. The van der Waals surface area contributed by atoms with Crippen LogP contribution in [0.3, 0.4) is 0 Å². The summed E-state index contributed by atoms with van der Waals surface area (Å²) >= 11 is 0. The Hall–Kier alpha value is -7.32. The number of aromatic amines is 1. The van der Waals surface area contributed by atoms with Crippen LogP contribution >= 0.6 is 0 Å². The van der Waals surface area contributed by atoms with E-state index in [0.29, 0.717) is 11.1 Å². The molecular formula is C41H52N10O11. The van der Waals surface area contributed by atoms with E-state index in [1.54, 1.807) is 42.6 Å². The minimum Gasteiger partial charge on any atom is -0.480 e. The lowest BCUT2D eigenvalue weighted by molar-refractivity contribution is -0.142. The molecule has 21 nitrogen and oxygen atoms in total. The minimum atomic E-state index is -1.60. The van der Waals surface area contributed by atoms with Gasteiger partial charge in [-0.2, -0.15) is 0 Å². The molecule has 0 radical (unpaired) electrons. The van der Waals surface area contributed by atoms with Gasteiger partial charge < -0.3 is 58.4 Å². The largest absolute Gasteiger partial charge is 0.480 e. The maximum absolute atomic E-state index is 13.9. The van der Waals surface area contributed by atoms with Gasteiger partial charge in [0.2, 0.25) is 53.2 Å². The van der Waals surface area contributed by atoms with Crippen LogP contribution in [0.1, 0.15) is 56.6 Å². The second-order valence-corrected chi connectivity index (χ2v) is 14.7. The summed E-state index contributed by atoms with van der Waals surface area (Å²) in [6, 6.07) is 8.51. The molecular weight excluding hydrogens is 809 g/mol. The molecule has 0 spiro atoms. The molecule has 0 saturated carbocycles. The van der Waals surface area contributed by atoms with Crippen LogP contribution in [0.5, 0.6) is 0 Å². The molecule has 21 heteroatoms. The van der Waals surface area contributed by atoms with Crippen molar-refractivity contribution in [2.75, 3.05) is 19.6 Å². The number of fused-ring (bicyclic) bond motifs is 1. The quantitative estimate of drug-likeness (QED) is 0.0972. The van der Waals surface area contributed by atoms with Crippen molar-refractivity contribution in [1.29, 1.82) is 0 Å². The van der Waals surface area contributed by atoms with E-state index in [2.05, 4.69) is 47.5 Å². The van der Waals surface area contributed by atoms with E-state index in [-0.39, 0.29) is 45.1 Å². The summed E-state index contributed by atoms with van der Waals surface area (Å²) in [7, 11) is 0. The summed E-state index contributed by atoms with van der Waals surface area (Å²) in [5.74, 6) is -8.74. The fourth-order valence-electron chi connectivity index (χ4n) is 6.57. The molecule has 1 saturated heterocycles. The molecule has 2 heterocycles. The summed E-state index contributed by atoms with van der Waals surface area (Å²) in [6.07, 6.45) is 0.447. The maximum Gasteiger partial charge on any atom is 0.326 e. The number of nitrogens with one attached hydrogen (secondary N) is 9. The predicted octanol–water partition coefficient (Wildman–Crippen LogP) is -2.33. The van der Waals surface area contributed by atoms with Gasteiger partial charge in [-0.1, -0.05) is 48.5 Å². The van der Waals surface area contributed by atoms with Gasteiger partial charge in [0.25, 0.3) is 0 Å². The maximum atomic E-state index is 13.9. The predicted molar refractivity (Wildman–Crippen MR) is 221 cm³/mol. The fourth-order valence-corrected chi connectivity index (χ4v) is 6.57. The molecule has 1 fully saturated rings. The third-order valence-corrected chi connectivity index (χ3v) is 9.80. The molecule has 332 valence electrons. The topological polar surface area (TPSA) is 329 Å². The van der Waals surface area contributed by atoms with Gasteiger partial charge in [0.1, 0.15) is 30.2 Å². The van der Waals surface area contributed by atoms with Gasteiger partial charge in [-0.3, -0.25) is 43.2 Å². The van der Waals surface area contributed by atoms with Gasteiger partial charge in [0.15, 0.2) is 0 Å². The number of aromatic nitrogens is 1. The Morgan fingerprint density at radius 3 is 2.15 bits per heavy atom. The number of nitrogens with two attached hydrogens (primary N) is 1. The first-order valence-electron chi connectivity index (χ1n) is 20.0. The van der Waals surface area contributed by atoms with E-state index >= 15 is 0 Å². The lowest BCUT2D eigenvalue weighted by Gasteiger charge is -2.25. The second kappa shape index (κ2) is 23.5. The number of amides is 9. The van der Waals surface area contributed by atoms with Crippen molar-refractivity contribution in [1.82, 2.24) is 47.5 Å². The second-order valence-electron chi connectivity index (χ2n) is 14.7. The highest BCUT2D eigenvalue weighted by Gasteiger charge is 2.32. The molecule has 3 aromatic rings. The number of primary amides is 1. The van der Waals surface area contributed by atoms with Crippen molar-refractivity contribution >= 4 is 70.0 Å². The van der Waals surface area contributed by atoms with E-state index in [9.17, 15) is 53.1 Å². The van der Waals surface area contributed by atoms with Crippen LogP contribution in [0.2, 0.25) is 0 Å². The first kappa shape index (κ1) is 47.4. The number of carboxylic acid groups (broad SMARTS) is 1. The number of carbonyl (C=O) groups is 10. The monoisotopic (exact) mass is 860 g/mol. The Kier molecular flexibility index (Phi) is 17.9. The van der Waals surface area contributed by atoms with Crippen LogP contribution in [0, 0.1) is 0 Å². The van der Waals surface area contributed by atoms with E-state index in [4.69, 9.17) is 5.73 Å². The third kappa shape index (κ3) is 15.4. The van der Waals surface area contributed by atoms with Crippen molar-refractivity contribution < 1.29 is 53.1 Å². The molecule has 1 aromatic heterocycles. The van der Waals surface area contributed by atoms with Crippen LogP contribution in [0.4, 0.5) is 0 Å². The molecule has 9 amide bonds. The third-order valence-electron chi connectivity index (χ3n) is 9.80. The van der Waals surface area contributed by atoms with Crippen LogP contribution in [0.15, 0.2) is 60.8 Å². The summed E-state index contributed by atoms with van der Waals surface area (Å²) < 4.78 is 0. The Morgan fingerprint density at radius 1 is 0.758 bits per heavy atom. The highest BCUT2D eigenvalue weighted by molar-refractivity contribution is 5.98. The van der Waals surface area contributed by atoms with Crippen LogP contribution in [0.25, 0.3) is 10.9 Å². The molecule has 62 heavy (non-hydrogen) atoms. The first-order chi connectivity index (χ1) is 29.6. The molecule has 4 rings (SSSR count). The van der Waals surface area contributed by atoms with E-state index in [1.165, 1.54) is 0 Å². The minimum absolute atomic E-state index is 0.0000161. The highest BCUT2D eigenvalue weighted by Crippen LogP contribution is 2.19. The number of aliphatic carboxylic acids is 1. The molecule has 1 aliphatic rings. The molecule has 5 atom stereocenters. The molecule has 0 aliphatic carbocycles. The van der Waals surface area contributed by atoms with Crippen molar-refractivity contribution in [2.24, 2.45) is 5.73 Å². The van der Waals surface area contributed by atoms with Gasteiger partial charge in [-0.15, -0.1) is 0 Å². The standard InChI is InChI=1S/C41H52N10O11/c1-23(52)44-21-35(55)48-32-19-34(54)43-16-8-7-13-29(41(61)62)50-39(59)31(18-25-20-45-27-12-6-5-11-26(25)27)47-36(56)22-46-37(57)30(17-24-9-3-2-4-10-24)51-38(58)28(49-40(32)60)14-15-33(42)53/h2-6,9-12,20,28-32,45H,7-8,13-19,21-22H2,1H3,(H2,42,53)(H,43,54)(H,44,52)(H,46,57)(H,47,56)(H,48,55)(H,49,60)(H,50,59)(H,51,58)(H,61,62)/t28-,29?,30?,31-,32?/m0/s1. The Labute approximate surface area is 355 Å². The smallest absolute Gasteiger partial charge is 0.326 e. The number of rotatable bonds is 11. The van der Waals surface area contributed by atoms with Crippen LogP contribution in [-0.2, 0) is 60.8 Å². The molecule has 12 N–H and O–H groups in total. The number of benzene rings is 2. The molecule has 3 unspecified atom stereocenters. The highest BCUT2D eigenvalue weighted by atomic mass is 16.4. The van der Waals surface area contributed by atoms with E-state index < -0.39 is 115 Å². The van der Waals surface area contributed by atoms with Gasteiger partial charge in [0, 0.05) is 49.8 Å². The zero-order chi connectivity index (χ0) is 45.2. The number of carbonyl (C=O) groups excluding carboxylic acids is 9. The average Bonchev–Trinajstić information content (AvgIpc) is 3.64. The van der Waals surface area contributed by atoms with Crippen molar-refractivity contribution in [3.8, 4) is 0 Å². The number of hydrogen-bond acceptors (Lipinski definition) is 10. The van der Waals surface area contributed by atoms with E-state index in [0.717, 1.165) is 17.8 Å². The lowest BCUT2D eigenvalue weighted by Crippen LogP contribution is -2.58. The summed E-state index contributed by atoms with van der Waals surface area (Å²) in [6.45, 7) is -0.0647. The van der Waals surface area contributed by atoms with Crippen LogP contribution in [-0.4, -0.2) is 119 Å². The summed E-state index contributed by atoms with van der Waals surface area (Å²) in [5, 5.41) is 30.5. The SMILES string of the molecule is CC(=O)NCC(=O)NC1CC(=O)NCCCCC(C(=O)O)NC(=O)[C@H](Cc2c[nH]c3ccccc23)NC(=O)CNC(=O)C(Cc2ccccc2)NC(=O)[C@H](CCC(N)=O)NC1=O. The van der Waals surface area contributed by atoms with Crippen molar-refractivity contribution in [2.45, 2.75) is 88.5 Å². The van der Waals surface area contributed by atoms with Gasteiger partial charge in [0.05, 0.1) is 19.5 Å². The number of hydrogen-bond donors (Lipinski definition) is 11. The summed E-state index contributed by atoms with van der Waals surface area (Å²) in [5.41, 5.74) is 7.35. The molecule has 0 bridgehead atoms. The fraction of sp³-hybridized carbons (Fsp3) is 0.415. The zero-order valence-electron chi connectivity index (χ0n) is 34.0. The number of para-hydroxylation sites is 1. The number of carboxylic acids is 1. The summed E-state index contributed by atoms with van der Waals surface area (Å²) in [4.78, 5) is 133. The Bertz CT molecular complexity index is 2130. The Morgan fingerprint density at radius 2 is 1.44 bits per heavy atom. The van der Waals surface area contributed by atoms with Crippen LogP contribution < -0.4 is 48.3 Å². The molecule has 2 aromatic carbocycles.